The lowest BCUT2D eigenvalue weighted by molar-refractivity contribution is -0.121. The maximum Gasteiger partial charge on any atom is 0.253 e. The maximum absolute atomic E-state index is 12.0. The molecule has 0 spiro atoms. The SMILES string of the molecule is CCC1=Nc2ccc(Br)cc2[C@H](c2ccccc2)N1CC(=O)NN. The van der Waals surface area contributed by atoms with Crippen LogP contribution >= 0.6 is 15.9 Å². The van der Waals surface area contributed by atoms with Gasteiger partial charge in [-0.3, -0.25) is 10.2 Å². The van der Waals surface area contributed by atoms with Crippen molar-refractivity contribution in [2.75, 3.05) is 6.54 Å². The molecule has 5 nitrogen and oxygen atoms in total. The lowest BCUT2D eigenvalue weighted by Crippen LogP contribution is -2.45. The number of nitrogens with two attached hydrogens (primary N) is 1. The number of aliphatic imine (C=N–C) groups is 1. The van der Waals surface area contributed by atoms with Crippen LogP contribution in [0.25, 0.3) is 0 Å². The van der Waals surface area contributed by atoms with Gasteiger partial charge in [-0.25, -0.2) is 10.8 Å². The first-order chi connectivity index (χ1) is 11.6. The summed E-state index contributed by atoms with van der Waals surface area (Å²) in [5.74, 6) is 5.94. The third-order valence-electron chi connectivity index (χ3n) is 4.08. The molecule has 1 aliphatic rings. The second-order valence-corrected chi connectivity index (χ2v) is 6.51. The third-order valence-corrected chi connectivity index (χ3v) is 4.58. The van der Waals surface area contributed by atoms with E-state index in [1.807, 2.05) is 42.2 Å². The topological polar surface area (TPSA) is 70.7 Å². The van der Waals surface area contributed by atoms with Crippen LogP contribution in [0.3, 0.4) is 0 Å². The Bertz CT molecular complexity index is 776. The standard InChI is InChI=1S/C18H19BrN4O/c1-2-16-21-15-9-8-13(19)10-14(15)18(12-6-4-3-5-7-12)23(16)11-17(24)22-20/h3-10,18H,2,11,20H2,1H3,(H,22,24)/t18-/m0/s1. The zero-order valence-electron chi connectivity index (χ0n) is 13.4. The first kappa shape index (κ1) is 16.7. The largest absolute Gasteiger partial charge is 0.339 e. The molecule has 0 aromatic heterocycles. The van der Waals surface area contributed by atoms with Crippen molar-refractivity contribution in [2.45, 2.75) is 19.4 Å². The summed E-state index contributed by atoms with van der Waals surface area (Å²) in [6, 6.07) is 16.1. The molecule has 2 aromatic rings. The van der Waals surface area contributed by atoms with Gasteiger partial charge < -0.3 is 4.90 Å². The molecule has 0 unspecified atom stereocenters. The van der Waals surface area contributed by atoms with Crippen molar-refractivity contribution >= 4 is 33.4 Å². The number of benzene rings is 2. The third kappa shape index (κ3) is 3.20. The number of carbonyl (C=O) groups is 1. The number of nitrogens with zero attached hydrogens (tertiary/aromatic N) is 2. The van der Waals surface area contributed by atoms with Gasteiger partial charge in [0.1, 0.15) is 12.4 Å². The van der Waals surface area contributed by atoms with Crippen LogP contribution in [0.4, 0.5) is 5.69 Å². The molecule has 3 N–H and O–H groups in total. The van der Waals surface area contributed by atoms with Gasteiger partial charge in [0.05, 0.1) is 11.7 Å². The van der Waals surface area contributed by atoms with Gasteiger partial charge in [-0.1, -0.05) is 53.2 Å². The van der Waals surface area contributed by atoms with Crippen molar-refractivity contribution in [2.24, 2.45) is 10.8 Å². The molecule has 0 saturated carbocycles. The highest BCUT2D eigenvalue weighted by molar-refractivity contribution is 9.10. The number of amides is 1. The van der Waals surface area contributed by atoms with E-state index in [1.165, 1.54) is 0 Å². The molecule has 0 bridgehead atoms. The van der Waals surface area contributed by atoms with Gasteiger partial charge in [0.15, 0.2) is 0 Å². The van der Waals surface area contributed by atoms with Crippen LogP contribution in [-0.2, 0) is 4.79 Å². The van der Waals surface area contributed by atoms with Gasteiger partial charge in [0.25, 0.3) is 5.91 Å². The number of carbonyl (C=O) groups excluding carboxylic acids is 1. The Labute approximate surface area is 149 Å². The molecule has 3 rings (SSSR count). The van der Waals surface area contributed by atoms with Gasteiger partial charge in [0.2, 0.25) is 0 Å². The predicted octanol–water partition coefficient (Wildman–Crippen LogP) is 3.28. The zero-order valence-corrected chi connectivity index (χ0v) is 15.0. The van der Waals surface area contributed by atoms with Crippen LogP contribution in [0.1, 0.15) is 30.5 Å². The molecule has 0 saturated heterocycles. The molecular weight excluding hydrogens is 368 g/mol. The lowest BCUT2D eigenvalue weighted by Gasteiger charge is -2.38. The zero-order chi connectivity index (χ0) is 17.1. The van der Waals surface area contributed by atoms with Gasteiger partial charge >= 0.3 is 0 Å². The minimum atomic E-state index is -0.240. The fourth-order valence-electron chi connectivity index (χ4n) is 3.03. The Hall–Kier alpha value is -2.18. The number of rotatable bonds is 4. The van der Waals surface area contributed by atoms with Crippen molar-refractivity contribution in [3.05, 3.63) is 64.1 Å². The highest BCUT2D eigenvalue weighted by atomic mass is 79.9. The summed E-state index contributed by atoms with van der Waals surface area (Å²) in [6.07, 6.45) is 0.733. The van der Waals surface area contributed by atoms with E-state index >= 15 is 0 Å². The number of halogens is 1. The van der Waals surface area contributed by atoms with Crippen molar-refractivity contribution in [1.82, 2.24) is 10.3 Å². The smallest absolute Gasteiger partial charge is 0.253 e. The first-order valence-corrected chi connectivity index (χ1v) is 8.61. The number of hydrogen-bond donors (Lipinski definition) is 2. The van der Waals surface area contributed by atoms with Gasteiger partial charge in [-0.2, -0.15) is 0 Å². The molecule has 1 amide bonds. The average Bonchev–Trinajstić information content (AvgIpc) is 2.61. The lowest BCUT2D eigenvalue weighted by atomic mass is 9.93. The molecule has 1 atom stereocenters. The minimum Gasteiger partial charge on any atom is -0.339 e. The van der Waals surface area contributed by atoms with Crippen molar-refractivity contribution < 1.29 is 4.79 Å². The summed E-state index contributed by atoms with van der Waals surface area (Å²) in [4.78, 5) is 18.7. The quantitative estimate of drug-likeness (QED) is 0.481. The van der Waals surface area contributed by atoms with Crippen LogP contribution < -0.4 is 11.3 Å². The number of nitrogens with one attached hydrogen (secondary N) is 1. The first-order valence-electron chi connectivity index (χ1n) is 7.82. The van der Waals surface area contributed by atoms with Crippen molar-refractivity contribution in [3.8, 4) is 0 Å². The van der Waals surface area contributed by atoms with E-state index < -0.39 is 0 Å². The molecule has 124 valence electrons. The predicted molar refractivity (Wildman–Crippen MR) is 98.8 cm³/mol. The highest BCUT2D eigenvalue weighted by Crippen LogP contribution is 2.40. The minimum absolute atomic E-state index is 0.0801. The fraction of sp³-hybridized carbons (Fsp3) is 0.222. The van der Waals surface area contributed by atoms with Crippen LogP contribution in [0, 0.1) is 0 Å². The molecule has 0 radical (unpaired) electrons. The summed E-state index contributed by atoms with van der Waals surface area (Å²) < 4.78 is 0.987. The summed E-state index contributed by atoms with van der Waals surface area (Å²) in [7, 11) is 0. The molecule has 24 heavy (non-hydrogen) atoms. The van der Waals surface area contributed by atoms with E-state index in [-0.39, 0.29) is 18.5 Å². The van der Waals surface area contributed by atoms with Crippen molar-refractivity contribution in [1.29, 1.82) is 0 Å². The van der Waals surface area contributed by atoms with Crippen LogP contribution in [0.5, 0.6) is 0 Å². The molecule has 1 heterocycles. The molecular formula is C18H19BrN4O. The van der Waals surface area contributed by atoms with Gasteiger partial charge in [-0.15, -0.1) is 0 Å². The Kier molecular flexibility index (Phi) is 4.97. The van der Waals surface area contributed by atoms with E-state index in [1.54, 1.807) is 0 Å². The number of fused-ring (bicyclic) bond motifs is 1. The second-order valence-electron chi connectivity index (χ2n) is 5.59. The van der Waals surface area contributed by atoms with E-state index in [0.717, 1.165) is 33.5 Å². The summed E-state index contributed by atoms with van der Waals surface area (Å²) >= 11 is 3.54. The second kappa shape index (κ2) is 7.15. The maximum atomic E-state index is 12.0. The Morgan fingerprint density at radius 1 is 1.29 bits per heavy atom. The fourth-order valence-corrected chi connectivity index (χ4v) is 3.41. The van der Waals surface area contributed by atoms with Gasteiger partial charge in [0, 0.05) is 16.5 Å². The monoisotopic (exact) mass is 386 g/mol. The van der Waals surface area contributed by atoms with Gasteiger partial charge in [-0.05, 0) is 23.8 Å². The van der Waals surface area contributed by atoms with Crippen LogP contribution in [0.2, 0.25) is 0 Å². The van der Waals surface area contributed by atoms with Crippen LogP contribution in [-0.4, -0.2) is 23.2 Å². The highest BCUT2D eigenvalue weighted by Gasteiger charge is 2.31. The Morgan fingerprint density at radius 2 is 2.04 bits per heavy atom. The van der Waals surface area contributed by atoms with E-state index in [2.05, 4.69) is 39.6 Å². The molecule has 2 aromatic carbocycles. The normalized spacial score (nSPS) is 16.4. The molecule has 0 fully saturated rings. The number of amidine groups is 1. The summed E-state index contributed by atoms with van der Waals surface area (Å²) in [6.45, 7) is 2.20. The van der Waals surface area contributed by atoms with E-state index in [9.17, 15) is 4.79 Å². The van der Waals surface area contributed by atoms with E-state index in [0.29, 0.717) is 0 Å². The Morgan fingerprint density at radius 3 is 2.71 bits per heavy atom. The van der Waals surface area contributed by atoms with Crippen LogP contribution in [0.15, 0.2) is 58.0 Å². The number of hydrogen-bond acceptors (Lipinski definition) is 4. The van der Waals surface area contributed by atoms with Crippen molar-refractivity contribution in [3.63, 3.8) is 0 Å². The Balaban J connectivity index is 2.16. The average molecular weight is 387 g/mol. The molecule has 1 aliphatic heterocycles. The van der Waals surface area contributed by atoms with E-state index in [4.69, 9.17) is 10.8 Å². The molecule has 0 aliphatic carbocycles. The summed E-state index contributed by atoms with van der Waals surface area (Å²) in [5.41, 5.74) is 5.34. The number of hydrazine groups is 1. The molecule has 6 heteroatoms. The summed E-state index contributed by atoms with van der Waals surface area (Å²) in [5, 5.41) is 0.